The zero-order valence-corrected chi connectivity index (χ0v) is 41.9. The highest BCUT2D eigenvalue weighted by Gasteiger charge is 2.17. The van der Waals surface area contributed by atoms with E-state index < -0.39 is 12.2 Å². The molecule has 8 heteroatoms. The number of likely N-dealkylation sites (N-methyl/N-ethyl adjacent to an activating group) is 2. The van der Waals surface area contributed by atoms with Crippen LogP contribution in [-0.2, 0) is 15.9 Å². The second-order valence-corrected chi connectivity index (χ2v) is 20.1. The summed E-state index contributed by atoms with van der Waals surface area (Å²) in [6.45, 7) is 9.18. The highest BCUT2D eigenvalue weighted by atomic mass is 16.6. The number of amides is 2. The van der Waals surface area contributed by atoms with Gasteiger partial charge in [0.05, 0.1) is 41.3 Å². The minimum Gasteiger partial charge on any atom is -0.443 e. The fourth-order valence-corrected chi connectivity index (χ4v) is 8.42. The summed E-state index contributed by atoms with van der Waals surface area (Å²) in [5, 5.41) is 5.74. The molecule has 2 rings (SSSR count). The lowest BCUT2D eigenvalue weighted by Crippen LogP contribution is -2.43. The van der Waals surface area contributed by atoms with Crippen molar-refractivity contribution < 1.29 is 28.0 Å². The lowest BCUT2D eigenvalue weighted by molar-refractivity contribution is -0.890. The maximum Gasteiger partial charge on any atom is 0.411 e. The maximum absolute atomic E-state index is 12.5. The molecule has 0 spiro atoms. The van der Waals surface area contributed by atoms with Crippen molar-refractivity contribution in [1.29, 1.82) is 0 Å². The van der Waals surface area contributed by atoms with Gasteiger partial charge in [-0.3, -0.25) is 10.6 Å². The molecule has 0 heterocycles. The molecule has 0 bridgehead atoms. The number of hydrogen-bond donors (Lipinski definition) is 2. The third kappa shape index (κ3) is 32.2. The van der Waals surface area contributed by atoms with Crippen LogP contribution in [0.4, 0.5) is 21.0 Å². The van der Waals surface area contributed by atoms with E-state index in [1.807, 2.05) is 48.5 Å². The minimum atomic E-state index is -0.413. The molecular weight excluding hydrogens is 781 g/mol. The van der Waals surface area contributed by atoms with Crippen LogP contribution in [0.3, 0.4) is 0 Å². The Kier molecular flexibility index (Phi) is 32.2. The van der Waals surface area contributed by atoms with Gasteiger partial charge < -0.3 is 18.4 Å². The van der Waals surface area contributed by atoms with Gasteiger partial charge in [0.25, 0.3) is 0 Å². The van der Waals surface area contributed by atoms with Gasteiger partial charge in [0.15, 0.2) is 0 Å². The van der Waals surface area contributed by atoms with Gasteiger partial charge in [-0.1, -0.05) is 192 Å². The molecule has 0 aliphatic carbocycles. The Hall–Kier alpha value is -3.10. The van der Waals surface area contributed by atoms with E-state index in [9.17, 15) is 9.59 Å². The van der Waals surface area contributed by atoms with E-state index in [4.69, 9.17) is 9.47 Å². The summed E-state index contributed by atoms with van der Waals surface area (Å²) in [7, 11) is 8.90. The summed E-state index contributed by atoms with van der Waals surface area (Å²) < 4.78 is 12.8. The Morgan fingerprint density at radius 1 is 0.381 bits per heavy atom. The number of anilines is 2. The van der Waals surface area contributed by atoms with E-state index in [-0.39, 0.29) is 0 Å². The van der Waals surface area contributed by atoms with Crippen LogP contribution in [0.25, 0.3) is 0 Å². The van der Waals surface area contributed by atoms with E-state index in [1.165, 1.54) is 180 Å². The van der Waals surface area contributed by atoms with Crippen LogP contribution >= 0.6 is 0 Å². The first-order chi connectivity index (χ1) is 30.5. The molecule has 2 aromatic rings. The Labute approximate surface area is 388 Å². The zero-order chi connectivity index (χ0) is 45.7. The summed E-state index contributed by atoms with van der Waals surface area (Å²) in [4.78, 5) is 25.1. The van der Waals surface area contributed by atoms with Gasteiger partial charge in [-0.05, 0) is 67.5 Å². The van der Waals surface area contributed by atoms with Crippen LogP contribution in [0, 0.1) is 0 Å². The molecule has 0 saturated heterocycles. The molecule has 2 amide bonds. The number of nitrogens with zero attached hydrogens (tertiary/aromatic N) is 2. The van der Waals surface area contributed by atoms with Crippen LogP contribution in [0.2, 0.25) is 0 Å². The van der Waals surface area contributed by atoms with Gasteiger partial charge in [-0.25, -0.2) is 9.59 Å². The molecule has 360 valence electrons. The van der Waals surface area contributed by atoms with Gasteiger partial charge in [-0.2, -0.15) is 0 Å². The number of rotatable bonds is 40. The van der Waals surface area contributed by atoms with E-state index in [1.54, 1.807) is 0 Å². The minimum absolute atomic E-state index is 0.398. The predicted molar refractivity (Wildman–Crippen MR) is 270 cm³/mol. The van der Waals surface area contributed by atoms with Crippen molar-refractivity contribution in [2.45, 2.75) is 200 Å². The third-order valence-corrected chi connectivity index (χ3v) is 12.9. The number of carbonyl (C=O) groups is 2. The first-order valence-corrected chi connectivity index (χ1v) is 26.2. The summed E-state index contributed by atoms with van der Waals surface area (Å²) in [6, 6.07) is 15.8. The maximum atomic E-state index is 12.5. The summed E-state index contributed by atoms with van der Waals surface area (Å²) in [5.74, 6) is 0. The number of quaternary nitrogens is 2. The monoisotopic (exact) mass is 879 g/mol. The molecule has 0 aliphatic heterocycles. The van der Waals surface area contributed by atoms with Gasteiger partial charge >= 0.3 is 12.2 Å². The van der Waals surface area contributed by atoms with E-state index in [2.05, 4.69) is 52.7 Å². The smallest absolute Gasteiger partial charge is 0.411 e. The molecular formula is C55H98N4O4+2. The number of nitrogens with one attached hydrogen (secondary N) is 2. The summed E-state index contributed by atoms with van der Waals surface area (Å²) in [6.07, 6.45) is 38.4. The zero-order valence-electron chi connectivity index (χ0n) is 41.9. The third-order valence-electron chi connectivity index (χ3n) is 12.9. The molecule has 0 aromatic heterocycles. The van der Waals surface area contributed by atoms with E-state index in [0.717, 1.165) is 64.1 Å². The molecule has 0 radical (unpaired) electrons. The van der Waals surface area contributed by atoms with Crippen molar-refractivity contribution >= 4 is 23.6 Å². The first kappa shape index (κ1) is 56.0. The van der Waals surface area contributed by atoms with Gasteiger partial charge in [-0.15, -0.1) is 0 Å². The fourth-order valence-electron chi connectivity index (χ4n) is 8.42. The molecule has 2 N–H and O–H groups in total. The SMILES string of the molecule is CCCCCCCCCCCCCCCC[N+](C)(C)CCOC(=O)Nc1ccc(Cc2ccc(NC(=O)OCC[N+](C)(C)CCCCCCCCCCCCCCCC)cc2)cc1. The number of hydrogen-bond acceptors (Lipinski definition) is 4. The van der Waals surface area contributed by atoms with Crippen LogP contribution < -0.4 is 10.6 Å². The molecule has 0 atom stereocenters. The lowest BCUT2D eigenvalue weighted by Gasteiger charge is -2.29. The standard InChI is InChI=1S/C55H96N4O4/c1-7-9-11-13-15-17-19-21-23-25-27-29-31-33-43-58(3,4)45-47-62-54(60)56-52-39-35-50(36-40-52)49-51-37-41-53(42-38-51)57-55(61)63-48-46-59(5,6)44-34-32-30-28-26-24-22-20-18-16-14-12-10-8-2/h35-42H,7-34,43-49H2,1-6H3/p+2. The Balaban J connectivity index is 1.50. The average Bonchev–Trinajstić information content (AvgIpc) is 3.25. The number of carbonyl (C=O) groups excluding carboxylic acids is 2. The Bertz CT molecular complexity index is 1290. The van der Waals surface area contributed by atoms with Crippen LogP contribution in [0.5, 0.6) is 0 Å². The molecule has 8 nitrogen and oxygen atoms in total. The van der Waals surface area contributed by atoms with Gasteiger partial charge in [0.1, 0.15) is 26.3 Å². The first-order valence-electron chi connectivity index (χ1n) is 26.2. The van der Waals surface area contributed by atoms with E-state index in [0.29, 0.717) is 13.2 Å². The topological polar surface area (TPSA) is 76.7 Å². The molecule has 2 aromatic carbocycles. The lowest BCUT2D eigenvalue weighted by atomic mass is 10.0. The largest absolute Gasteiger partial charge is 0.443 e. The Morgan fingerprint density at radius 2 is 0.635 bits per heavy atom. The Morgan fingerprint density at radius 3 is 0.905 bits per heavy atom. The van der Waals surface area contributed by atoms with Crippen molar-refractivity contribution in [3.63, 3.8) is 0 Å². The summed E-state index contributed by atoms with van der Waals surface area (Å²) in [5.41, 5.74) is 3.70. The molecule has 63 heavy (non-hydrogen) atoms. The molecule has 0 saturated carbocycles. The van der Waals surface area contributed by atoms with Gasteiger partial charge in [0, 0.05) is 11.4 Å². The van der Waals surface area contributed by atoms with Crippen molar-refractivity contribution in [1.82, 2.24) is 0 Å². The van der Waals surface area contributed by atoms with Crippen molar-refractivity contribution in [3.05, 3.63) is 59.7 Å². The average molecular weight is 879 g/mol. The van der Waals surface area contributed by atoms with Crippen molar-refractivity contribution in [2.24, 2.45) is 0 Å². The van der Waals surface area contributed by atoms with E-state index >= 15 is 0 Å². The highest BCUT2D eigenvalue weighted by molar-refractivity contribution is 5.85. The van der Waals surface area contributed by atoms with Crippen molar-refractivity contribution in [2.75, 3.05) is 78.2 Å². The molecule has 0 unspecified atom stereocenters. The van der Waals surface area contributed by atoms with Crippen molar-refractivity contribution in [3.8, 4) is 0 Å². The fraction of sp³-hybridized carbons (Fsp3) is 0.745. The van der Waals surface area contributed by atoms with Gasteiger partial charge in [0.2, 0.25) is 0 Å². The molecule has 0 fully saturated rings. The number of benzene rings is 2. The van der Waals surface area contributed by atoms with Crippen LogP contribution in [-0.4, -0.2) is 88.7 Å². The van der Waals surface area contributed by atoms with Crippen LogP contribution in [0.15, 0.2) is 48.5 Å². The highest BCUT2D eigenvalue weighted by Crippen LogP contribution is 2.18. The quantitative estimate of drug-likeness (QED) is 0.0516. The predicted octanol–water partition coefficient (Wildman–Crippen LogP) is 15.5. The number of ether oxygens (including phenoxy) is 2. The number of unbranched alkanes of at least 4 members (excludes halogenated alkanes) is 26. The molecule has 0 aliphatic rings. The van der Waals surface area contributed by atoms with Crippen LogP contribution in [0.1, 0.15) is 205 Å². The second-order valence-electron chi connectivity index (χ2n) is 20.1. The summed E-state index contributed by atoms with van der Waals surface area (Å²) >= 11 is 0. The normalized spacial score (nSPS) is 11.8. The second kappa shape index (κ2) is 36.2.